The standard InChI is InChI=1S/C22H25F5N6O2/c1-35-8-5-19(34)32-7-2-3-14(11-32)16-10-18(31-20(29-16)33-12-21(23,24)13-33)30-17-9-15(4-6-28-17)22(25,26)27/h4,6,9-10,14H,2-3,5,7-8,11-13H2,1H3,(H,28,29,30,31). The van der Waals surface area contributed by atoms with E-state index in [1.165, 1.54) is 12.0 Å². The van der Waals surface area contributed by atoms with Crippen LogP contribution >= 0.6 is 0 Å². The van der Waals surface area contributed by atoms with Gasteiger partial charge in [0, 0.05) is 38.4 Å². The van der Waals surface area contributed by atoms with Gasteiger partial charge < -0.3 is 19.9 Å². The molecule has 1 atom stereocenters. The Labute approximate surface area is 198 Å². The lowest BCUT2D eigenvalue weighted by Gasteiger charge is -2.39. The first-order chi connectivity index (χ1) is 16.5. The van der Waals surface area contributed by atoms with Crippen LogP contribution in [-0.2, 0) is 15.7 Å². The summed E-state index contributed by atoms with van der Waals surface area (Å²) in [5.41, 5.74) is -0.367. The lowest BCUT2D eigenvalue weighted by molar-refractivity contribution is -0.137. The van der Waals surface area contributed by atoms with E-state index < -0.39 is 30.8 Å². The first kappa shape index (κ1) is 25.0. The number of hydrogen-bond acceptors (Lipinski definition) is 7. The van der Waals surface area contributed by atoms with Crippen LogP contribution in [-0.4, -0.2) is 71.6 Å². The van der Waals surface area contributed by atoms with Crippen LogP contribution in [0.4, 0.5) is 39.5 Å². The summed E-state index contributed by atoms with van der Waals surface area (Å²) in [5.74, 6) is -3.01. The number of aromatic nitrogens is 3. The maximum atomic E-state index is 13.5. The Morgan fingerprint density at radius 3 is 2.69 bits per heavy atom. The molecule has 4 rings (SSSR count). The lowest BCUT2D eigenvalue weighted by atomic mass is 9.94. The lowest BCUT2D eigenvalue weighted by Crippen LogP contribution is -2.57. The van der Waals surface area contributed by atoms with Crippen molar-refractivity contribution in [2.45, 2.75) is 37.3 Å². The topological polar surface area (TPSA) is 83.5 Å². The van der Waals surface area contributed by atoms with E-state index in [4.69, 9.17) is 4.74 Å². The van der Waals surface area contributed by atoms with E-state index in [-0.39, 0.29) is 35.8 Å². The van der Waals surface area contributed by atoms with Crippen LogP contribution in [0.2, 0.25) is 0 Å². The molecule has 2 saturated heterocycles. The molecule has 13 heteroatoms. The second-order valence-electron chi connectivity index (χ2n) is 8.66. The van der Waals surface area contributed by atoms with E-state index in [1.54, 1.807) is 11.0 Å². The molecule has 0 bridgehead atoms. The molecule has 190 valence electrons. The number of alkyl halides is 5. The number of carbonyl (C=O) groups excluding carboxylic acids is 1. The number of amides is 1. The zero-order valence-electron chi connectivity index (χ0n) is 19.0. The summed E-state index contributed by atoms with van der Waals surface area (Å²) in [6, 6.07) is 3.26. The van der Waals surface area contributed by atoms with Crippen LogP contribution in [0.5, 0.6) is 0 Å². The molecule has 2 fully saturated rings. The minimum Gasteiger partial charge on any atom is -0.384 e. The van der Waals surface area contributed by atoms with Gasteiger partial charge in [0.15, 0.2) is 0 Å². The number of anilines is 3. The maximum absolute atomic E-state index is 13.5. The van der Waals surface area contributed by atoms with Crippen LogP contribution in [0.15, 0.2) is 24.4 Å². The average Bonchev–Trinajstić information content (AvgIpc) is 2.80. The zero-order chi connectivity index (χ0) is 25.2. The maximum Gasteiger partial charge on any atom is 0.416 e. The largest absolute Gasteiger partial charge is 0.416 e. The summed E-state index contributed by atoms with van der Waals surface area (Å²) in [5, 5.41) is 2.75. The molecule has 1 unspecified atom stereocenters. The molecule has 0 radical (unpaired) electrons. The highest BCUT2D eigenvalue weighted by Crippen LogP contribution is 2.34. The molecule has 1 N–H and O–H groups in total. The van der Waals surface area contributed by atoms with Crippen LogP contribution in [0.3, 0.4) is 0 Å². The molecule has 2 aromatic rings. The van der Waals surface area contributed by atoms with E-state index >= 15 is 0 Å². The molecule has 1 amide bonds. The number of hydrogen-bond donors (Lipinski definition) is 1. The Bertz CT molecular complexity index is 1060. The van der Waals surface area contributed by atoms with Gasteiger partial charge >= 0.3 is 6.18 Å². The molecular weight excluding hydrogens is 475 g/mol. The van der Waals surface area contributed by atoms with Gasteiger partial charge in [0.25, 0.3) is 5.92 Å². The van der Waals surface area contributed by atoms with Gasteiger partial charge in [0.2, 0.25) is 11.9 Å². The van der Waals surface area contributed by atoms with E-state index in [9.17, 15) is 26.7 Å². The molecule has 2 aliphatic heterocycles. The molecular formula is C22H25F5N6O2. The zero-order valence-corrected chi connectivity index (χ0v) is 19.0. The minimum atomic E-state index is -4.55. The molecule has 0 saturated carbocycles. The van der Waals surface area contributed by atoms with E-state index in [0.29, 0.717) is 31.8 Å². The molecule has 0 aromatic carbocycles. The average molecular weight is 500 g/mol. The minimum absolute atomic E-state index is 0.0470. The molecule has 2 aliphatic rings. The summed E-state index contributed by atoms with van der Waals surface area (Å²) in [6.45, 7) is 0.178. The summed E-state index contributed by atoms with van der Waals surface area (Å²) in [4.78, 5) is 28.1. The van der Waals surface area contributed by atoms with Crippen molar-refractivity contribution in [1.29, 1.82) is 0 Å². The van der Waals surface area contributed by atoms with Gasteiger partial charge in [-0.15, -0.1) is 0 Å². The molecule has 2 aromatic heterocycles. The van der Waals surface area contributed by atoms with Crippen molar-refractivity contribution < 1.29 is 31.5 Å². The molecule has 0 aliphatic carbocycles. The first-order valence-corrected chi connectivity index (χ1v) is 11.1. The Morgan fingerprint density at radius 2 is 2.00 bits per heavy atom. The van der Waals surface area contributed by atoms with E-state index in [2.05, 4.69) is 20.3 Å². The van der Waals surface area contributed by atoms with Crippen molar-refractivity contribution in [3.8, 4) is 0 Å². The summed E-state index contributed by atoms with van der Waals surface area (Å²) in [6.07, 6.45) is -1.85. The second kappa shape index (κ2) is 9.88. The van der Waals surface area contributed by atoms with Crippen LogP contribution < -0.4 is 10.2 Å². The number of piperidine rings is 1. The highest BCUT2D eigenvalue weighted by atomic mass is 19.4. The summed E-state index contributed by atoms with van der Waals surface area (Å²) < 4.78 is 71.2. The number of carbonyl (C=O) groups is 1. The third-order valence-corrected chi connectivity index (χ3v) is 5.92. The Kier molecular flexibility index (Phi) is 7.06. The fourth-order valence-electron chi connectivity index (χ4n) is 4.12. The second-order valence-corrected chi connectivity index (χ2v) is 8.66. The Morgan fingerprint density at radius 1 is 1.23 bits per heavy atom. The predicted molar refractivity (Wildman–Crippen MR) is 117 cm³/mol. The van der Waals surface area contributed by atoms with Crippen molar-refractivity contribution in [3.05, 3.63) is 35.7 Å². The van der Waals surface area contributed by atoms with Crippen LogP contribution in [0.25, 0.3) is 0 Å². The third kappa shape index (κ3) is 6.13. The summed E-state index contributed by atoms with van der Waals surface area (Å²) in [7, 11) is 1.52. The predicted octanol–water partition coefficient (Wildman–Crippen LogP) is 3.83. The number of rotatable bonds is 7. The van der Waals surface area contributed by atoms with Crippen LogP contribution in [0, 0.1) is 0 Å². The molecule has 8 nitrogen and oxygen atoms in total. The van der Waals surface area contributed by atoms with Gasteiger partial charge in [-0.3, -0.25) is 4.79 Å². The normalized spacial score (nSPS) is 19.9. The monoisotopic (exact) mass is 500 g/mol. The van der Waals surface area contributed by atoms with E-state index in [0.717, 1.165) is 24.8 Å². The first-order valence-electron chi connectivity index (χ1n) is 11.1. The number of pyridine rings is 1. The van der Waals surface area contributed by atoms with Crippen molar-refractivity contribution in [2.24, 2.45) is 0 Å². The number of halogens is 5. The van der Waals surface area contributed by atoms with Crippen LogP contribution in [0.1, 0.15) is 36.4 Å². The quantitative estimate of drug-likeness (QED) is 0.579. The fourth-order valence-corrected chi connectivity index (χ4v) is 4.12. The van der Waals surface area contributed by atoms with Crippen molar-refractivity contribution in [1.82, 2.24) is 19.9 Å². The van der Waals surface area contributed by atoms with Crippen molar-refractivity contribution in [2.75, 3.05) is 50.1 Å². The van der Waals surface area contributed by atoms with Crippen molar-refractivity contribution in [3.63, 3.8) is 0 Å². The summed E-state index contributed by atoms with van der Waals surface area (Å²) >= 11 is 0. The number of nitrogens with zero attached hydrogens (tertiary/aromatic N) is 5. The molecule has 0 spiro atoms. The van der Waals surface area contributed by atoms with Gasteiger partial charge in [-0.25, -0.2) is 18.7 Å². The van der Waals surface area contributed by atoms with Gasteiger partial charge in [0.05, 0.1) is 37.4 Å². The third-order valence-electron chi connectivity index (χ3n) is 5.92. The number of methoxy groups -OCH3 is 1. The highest BCUT2D eigenvalue weighted by Gasteiger charge is 2.45. The number of ether oxygens (including phenoxy) is 1. The molecule has 35 heavy (non-hydrogen) atoms. The van der Waals surface area contributed by atoms with Gasteiger partial charge in [-0.05, 0) is 25.0 Å². The number of likely N-dealkylation sites (tertiary alicyclic amines) is 1. The van der Waals surface area contributed by atoms with Crippen molar-refractivity contribution >= 4 is 23.5 Å². The molecule has 4 heterocycles. The van der Waals surface area contributed by atoms with Gasteiger partial charge in [0.1, 0.15) is 11.6 Å². The van der Waals surface area contributed by atoms with E-state index in [1.807, 2.05) is 0 Å². The Balaban J connectivity index is 1.60. The highest BCUT2D eigenvalue weighted by molar-refractivity contribution is 5.76. The van der Waals surface area contributed by atoms with Gasteiger partial charge in [-0.1, -0.05) is 0 Å². The fraction of sp³-hybridized carbons (Fsp3) is 0.545. The Hall–Kier alpha value is -3.09. The number of nitrogens with one attached hydrogen (secondary N) is 1. The smallest absolute Gasteiger partial charge is 0.384 e. The SMILES string of the molecule is COCCC(=O)N1CCCC(c2cc(Nc3cc(C(F)(F)F)ccn3)nc(N3CC(F)(F)C3)n2)C1. The van der Waals surface area contributed by atoms with Gasteiger partial charge in [-0.2, -0.15) is 18.2 Å².